The number of benzene rings is 1. The Kier molecular flexibility index (Phi) is 6.87. The summed E-state index contributed by atoms with van der Waals surface area (Å²) in [7, 11) is 0. The third kappa shape index (κ3) is 3.90. The van der Waals surface area contributed by atoms with Crippen LogP contribution in [0.5, 0.6) is 0 Å². The Morgan fingerprint density at radius 1 is 0.829 bits per heavy atom. The maximum Gasteiger partial charge on any atom is 0.338 e. The first-order chi connectivity index (χ1) is 19.3. The normalized spacial score (nSPS) is 46.6. The Balaban J connectivity index is 1.30. The minimum Gasteiger partial charge on any atom is -0.481 e. The predicted molar refractivity (Wildman–Crippen MR) is 162 cm³/mol. The van der Waals surface area contributed by atoms with Gasteiger partial charge in [-0.25, -0.2) is 4.79 Å². The van der Waals surface area contributed by atoms with Crippen LogP contribution in [0.15, 0.2) is 42.5 Å². The molecular weight excluding hydrogens is 508 g/mol. The molecule has 0 heterocycles. The molecule has 5 fully saturated rings. The molecule has 3 unspecified atom stereocenters. The van der Waals surface area contributed by atoms with E-state index in [4.69, 9.17) is 4.74 Å². The molecule has 0 saturated heterocycles. The van der Waals surface area contributed by atoms with E-state index in [0.717, 1.165) is 51.4 Å². The Morgan fingerprint density at radius 2 is 1.56 bits per heavy atom. The lowest BCUT2D eigenvalue weighted by Gasteiger charge is -2.72. The number of hydrogen-bond acceptors (Lipinski definition) is 3. The third-order valence-corrected chi connectivity index (χ3v) is 14.5. The number of esters is 1. The van der Waals surface area contributed by atoms with Crippen molar-refractivity contribution in [3.05, 3.63) is 48.0 Å². The highest BCUT2D eigenvalue weighted by molar-refractivity contribution is 5.89. The molecule has 4 nitrogen and oxygen atoms in total. The number of allylic oxidation sites excluding steroid dienone is 2. The average molecular weight is 561 g/mol. The molecule has 0 aliphatic heterocycles. The molecule has 6 rings (SSSR count). The summed E-state index contributed by atoms with van der Waals surface area (Å²) < 4.78 is 6.27. The smallest absolute Gasteiger partial charge is 0.338 e. The van der Waals surface area contributed by atoms with Gasteiger partial charge in [-0.15, -0.1) is 0 Å². The second-order valence-corrected chi connectivity index (χ2v) is 16.0. The molecule has 4 heteroatoms. The summed E-state index contributed by atoms with van der Waals surface area (Å²) in [6.07, 6.45) is 14.9. The quantitative estimate of drug-likeness (QED) is 0.295. The van der Waals surface area contributed by atoms with Gasteiger partial charge in [-0.1, -0.05) is 65.0 Å². The zero-order valence-corrected chi connectivity index (χ0v) is 26.2. The number of aliphatic carboxylic acids is 1. The van der Waals surface area contributed by atoms with Gasteiger partial charge in [0.05, 0.1) is 11.0 Å². The Bertz CT molecular complexity index is 1220. The van der Waals surface area contributed by atoms with Crippen LogP contribution in [0.1, 0.15) is 116 Å². The first-order valence-corrected chi connectivity index (χ1v) is 16.5. The number of carboxylic acids is 1. The van der Waals surface area contributed by atoms with E-state index in [2.05, 4.69) is 53.7 Å². The van der Waals surface area contributed by atoms with Gasteiger partial charge in [0.15, 0.2) is 0 Å². The highest BCUT2D eigenvalue weighted by atomic mass is 16.5. The van der Waals surface area contributed by atoms with Gasteiger partial charge in [0.25, 0.3) is 0 Å². The molecular formula is C37H52O4. The molecule has 1 aromatic carbocycles. The largest absolute Gasteiger partial charge is 0.481 e. The first kappa shape index (κ1) is 29.0. The van der Waals surface area contributed by atoms with E-state index in [0.29, 0.717) is 29.2 Å². The van der Waals surface area contributed by atoms with Gasteiger partial charge in [-0.2, -0.15) is 0 Å². The summed E-state index contributed by atoms with van der Waals surface area (Å²) in [4.78, 5) is 26.0. The highest BCUT2D eigenvalue weighted by Crippen LogP contribution is 2.77. The summed E-state index contributed by atoms with van der Waals surface area (Å²) in [5.41, 5.74) is 0.541. The fourth-order valence-electron chi connectivity index (χ4n) is 12.4. The fourth-order valence-corrected chi connectivity index (χ4v) is 12.4. The van der Waals surface area contributed by atoms with E-state index in [1.165, 1.54) is 12.8 Å². The van der Waals surface area contributed by atoms with Crippen molar-refractivity contribution in [3.63, 3.8) is 0 Å². The summed E-state index contributed by atoms with van der Waals surface area (Å²) in [6.45, 7) is 14.6. The van der Waals surface area contributed by atoms with Gasteiger partial charge >= 0.3 is 11.9 Å². The standard InChI is InChI=1S/C37H52O4/c1-7-11-24-16-21-37(32(39)40)23-22-35(5)26(30(24)37)14-15-28-34(4)19-18-29(41-31(38)25-12-9-8-10-13-25)33(2,3)27(34)17-20-36(28,35)6/h7-13,24,26-30H,14-23H2,1-6H3,(H,39,40)/b11-7+/t24-,26-,27+,28?,29+,30?,34+,35-,36-,37?/m1/s1. The zero-order valence-electron chi connectivity index (χ0n) is 26.2. The van der Waals surface area contributed by atoms with Crippen LogP contribution in [0.3, 0.4) is 0 Å². The summed E-state index contributed by atoms with van der Waals surface area (Å²) in [5, 5.41) is 10.6. The van der Waals surface area contributed by atoms with Crippen LogP contribution in [-0.2, 0) is 9.53 Å². The number of carbonyl (C=O) groups is 2. The van der Waals surface area contributed by atoms with Crippen LogP contribution in [0.4, 0.5) is 0 Å². The maximum atomic E-state index is 13.1. The summed E-state index contributed by atoms with van der Waals surface area (Å²) >= 11 is 0. The van der Waals surface area contributed by atoms with Gasteiger partial charge in [0.1, 0.15) is 6.10 Å². The number of ether oxygens (including phenoxy) is 1. The van der Waals surface area contributed by atoms with Crippen molar-refractivity contribution >= 4 is 11.9 Å². The first-order valence-electron chi connectivity index (χ1n) is 16.5. The molecule has 10 atom stereocenters. The summed E-state index contributed by atoms with van der Waals surface area (Å²) in [6, 6.07) is 9.43. The van der Waals surface area contributed by atoms with Gasteiger partial charge in [-0.3, -0.25) is 4.79 Å². The van der Waals surface area contributed by atoms with Crippen molar-refractivity contribution < 1.29 is 19.4 Å². The molecule has 0 bridgehead atoms. The van der Waals surface area contributed by atoms with Crippen LogP contribution in [0.25, 0.3) is 0 Å². The van der Waals surface area contributed by atoms with Crippen LogP contribution in [-0.4, -0.2) is 23.1 Å². The SMILES string of the molecule is C/C=C/[C@@H]1CCC2(C(=O)O)CC[C@]3(C)[C@H](CCC4[C@@]5(C)CC[C@H](OC(=O)c6ccccc6)C(C)(C)[C@@H]5CC[C@]43C)C12. The molecule has 0 spiro atoms. The molecule has 5 aliphatic rings. The second kappa shape index (κ2) is 9.71. The monoisotopic (exact) mass is 560 g/mol. The molecule has 5 aliphatic carbocycles. The lowest BCUT2D eigenvalue weighted by molar-refractivity contribution is -0.247. The van der Waals surface area contributed by atoms with Crippen molar-refractivity contribution in [2.75, 3.05) is 0 Å². The van der Waals surface area contributed by atoms with Crippen molar-refractivity contribution in [1.82, 2.24) is 0 Å². The van der Waals surface area contributed by atoms with E-state index < -0.39 is 11.4 Å². The van der Waals surface area contributed by atoms with Gasteiger partial charge < -0.3 is 9.84 Å². The van der Waals surface area contributed by atoms with Crippen molar-refractivity contribution in [3.8, 4) is 0 Å². The van der Waals surface area contributed by atoms with E-state index >= 15 is 0 Å². The minimum absolute atomic E-state index is 0.0736. The van der Waals surface area contributed by atoms with Gasteiger partial charge in [0, 0.05) is 5.41 Å². The number of rotatable bonds is 4. The Morgan fingerprint density at radius 3 is 2.24 bits per heavy atom. The molecule has 0 radical (unpaired) electrons. The van der Waals surface area contributed by atoms with Gasteiger partial charge in [0.2, 0.25) is 0 Å². The van der Waals surface area contributed by atoms with Crippen LogP contribution >= 0.6 is 0 Å². The third-order valence-electron chi connectivity index (χ3n) is 14.5. The molecule has 0 amide bonds. The van der Waals surface area contributed by atoms with E-state index in [-0.39, 0.29) is 39.7 Å². The maximum absolute atomic E-state index is 13.1. The highest BCUT2D eigenvalue weighted by Gasteiger charge is 2.72. The second-order valence-electron chi connectivity index (χ2n) is 16.0. The Labute approximate surface area is 247 Å². The minimum atomic E-state index is -0.540. The number of carbonyl (C=O) groups excluding carboxylic acids is 1. The number of fused-ring (bicyclic) bond motifs is 7. The van der Waals surface area contributed by atoms with Gasteiger partial charge in [-0.05, 0) is 129 Å². The summed E-state index contributed by atoms with van der Waals surface area (Å²) in [5.74, 6) is 1.48. The predicted octanol–water partition coefficient (Wildman–Crippen LogP) is 8.95. The topological polar surface area (TPSA) is 63.6 Å². The van der Waals surface area contributed by atoms with E-state index in [1.807, 2.05) is 30.3 Å². The lowest BCUT2D eigenvalue weighted by Crippen LogP contribution is -2.67. The number of hydrogen-bond donors (Lipinski definition) is 1. The fraction of sp³-hybridized carbons (Fsp3) is 0.730. The molecule has 224 valence electrons. The average Bonchev–Trinajstić information content (AvgIpc) is 3.31. The molecule has 5 saturated carbocycles. The molecule has 41 heavy (non-hydrogen) atoms. The van der Waals surface area contributed by atoms with E-state index in [1.54, 1.807) is 0 Å². The van der Waals surface area contributed by atoms with Crippen LogP contribution < -0.4 is 0 Å². The van der Waals surface area contributed by atoms with Crippen molar-refractivity contribution in [1.29, 1.82) is 0 Å². The lowest BCUT2D eigenvalue weighted by atomic mass is 9.32. The van der Waals surface area contributed by atoms with Crippen molar-refractivity contribution in [2.45, 2.75) is 112 Å². The zero-order chi connectivity index (χ0) is 29.4. The van der Waals surface area contributed by atoms with E-state index in [9.17, 15) is 14.7 Å². The molecule has 1 N–H and O–H groups in total. The molecule has 1 aromatic rings. The number of carboxylic acid groups (broad SMARTS) is 1. The molecule has 0 aromatic heterocycles. The van der Waals surface area contributed by atoms with Crippen molar-refractivity contribution in [2.24, 2.45) is 56.7 Å². The Hall–Kier alpha value is -2.10. The van der Waals surface area contributed by atoms with Crippen LogP contribution in [0, 0.1) is 56.7 Å². The van der Waals surface area contributed by atoms with Crippen LogP contribution in [0.2, 0.25) is 0 Å².